The van der Waals surface area contributed by atoms with Crippen molar-refractivity contribution in [3.05, 3.63) is 66.2 Å². The molecule has 1 aromatic heterocycles. The van der Waals surface area contributed by atoms with Gasteiger partial charge in [-0.25, -0.2) is 0 Å². The molecule has 2 heterocycles. The maximum Gasteiger partial charge on any atom is 0.149 e. The van der Waals surface area contributed by atoms with E-state index in [1.54, 1.807) is 13.4 Å². The van der Waals surface area contributed by atoms with Crippen LogP contribution in [0.15, 0.2) is 54.9 Å². The number of aromatic nitrogens is 3. The van der Waals surface area contributed by atoms with E-state index in [-0.39, 0.29) is 0 Å². The molecule has 0 saturated carbocycles. The van der Waals surface area contributed by atoms with Crippen LogP contribution < -0.4 is 4.74 Å². The van der Waals surface area contributed by atoms with Crippen LogP contribution in [0.1, 0.15) is 30.3 Å². The number of hydrogen-bond donors (Lipinski definition) is 0. The second-order valence-electron chi connectivity index (χ2n) is 6.82. The fourth-order valence-electron chi connectivity index (χ4n) is 3.81. The zero-order valence-electron chi connectivity index (χ0n) is 15.3. The molecule has 1 aliphatic heterocycles. The van der Waals surface area contributed by atoms with Crippen molar-refractivity contribution in [2.45, 2.75) is 25.4 Å². The van der Waals surface area contributed by atoms with Crippen molar-refractivity contribution >= 4 is 0 Å². The molecular weight excluding hydrogens is 324 g/mol. The third-order valence-corrected chi connectivity index (χ3v) is 5.18. The first kappa shape index (κ1) is 16.8. The molecule has 0 bridgehead atoms. The first-order valence-corrected chi connectivity index (χ1v) is 9.06. The molecule has 5 nitrogen and oxygen atoms in total. The van der Waals surface area contributed by atoms with E-state index in [1.165, 1.54) is 23.1 Å². The lowest BCUT2D eigenvalue weighted by Crippen LogP contribution is -2.25. The summed E-state index contributed by atoms with van der Waals surface area (Å²) in [5.41, 5.74) is 3.59. The third kappa shape index (κ3) is 3.22. The molecule has 26 heavy (non-hydrogen) atoms. The summed E-state index contributed by atoms with van der Waals surface area (Å²) in [6, 6.07) is 17.2. The van der Waals surface area contributed by atoms with Crippen LogP contribution in [0.4, 0.5) is 0 Å². The highest BCUT2D eigenvalue weighted by Crippen LogP contribution is 2.34. The third-order valence-electron chi connectivity index (χ3n) is 5.18. The molecule has 1 atom stereocenters. The van der Waals surface area contributed by atoms with E-state index < -0.39 is 0 Å². The number of ether oxygens (including phenoxy) is 1. The van der Waals surface area contributed by atoms with E-state index in [1.807, 2.05) is 17.7 Å². The van der Waals surface area contributed by atoms with Crippen LogP contribution in [-0.2, 0) is 13.6 Å². The molecule has 0 spiro atoms. The second-order valence-corrected chi connectivity index (χ2v) is 6.82. The van der Waals surface area contributed by atoms with Crippen molar-refractivity contribution in [3.8, 4) is 16.9 Å². The molecular formula is C21H24N4O. The van der Waals surface area contributed by atoms with Gasteiger partial charge in [0.25, 0.3) is 0 Å². The van der Waals surface area contributed by atoms with Gasteiger partial charge in [-0.3, -0.25) is 4.90 Å². The van der Waals surface area contributed by atoms with Crippen LogP contribution in [0.25, 0.3) is 11.1 Å². The summed E-state index contributed by atoms with van der Waals surface area (Å²) in [7, 11) is 3.76. The Labute approximate surface area is 154 Å². The quantitative estimate of drug-likeness (QED) is 0.703. The van der Waals surface area contributed by atoms with Gasteiger partial charge >= 0.3 is 0 Å². The molecule has 4 rings (SSSR count). The van der Waals surface area contributed by atoms with Crippen molar-refractivity contribution in [2.75, 3.05) is 13.7 Å². The Kier molecular flexibility index (Phi) is 4.71. The van der Waals surface area contributed by atoms with Gasteiger partial charge in [-0.15, -0.1) is 10.2 Å². The van der Waals surface area contributed by atoms with E-state index in [0.29, 0.717) is 6.04 Å². The minimum atomic E-state index is 0.320. The molecule has 5 heteroatoms. The highest BCUT2D eigenvalue weighted by atomic mass is 16.5. The molecule has 0 N–H and O–H groups in total. The molecule has 1 aliphatic rings. The maximum absolute atomic E-state index is 5.71. The summed E-state index contributed by atoms with van der Waals surface area (Å²) < 4.78 is 7.73. The van der Waals surface area contributed by atoms with Crippen molar-refractivity contribution in [3.63, 3.8) is 0 Å². The number of methoxy groups -OCH3 is 1. The van der Waals surface area contributed by atoms with E-state index in [0.717, 1.165) is 31.1 Å². The predicted molar refractivity (Wildman–Crippen MR) is 102 cm³/mol. The van der Waals surface area contributed by atoms with Gasteiger partial charge < -0.3 is 9.30 Å². The number of aryl methyl sites for hydroxylation is 1. The lowest BCUT2D eigenvalue weighted by atomic mass is 10.0. The zero-order chi connectivity index (χ0) is 17.9. The topological polar surface area (TPSA) is 43.2 Å². The van der Waals surface area contributed by atoms with Gasteiger partial charge in [0, 0.05) is 19.2 Å². The Morgan fingerprint density at radius 3 is 2.69 bits per heavy atom. The monoisotopic (exact) mass is 348 g/mol. The lowest BCUT2D eigenvalue weighted by Gasteiger charge is -2.24. The van der Waals surface area contributed by atoms with Crippen LogP contribution in [0.5, 0.6) is 5.75 Å². The van der Waals surface area contributed by atoms with Gasteiger partial charge in [-0.2, -0.15) is 0 Å². The molecule has 3 aromatic rings. The van der Waals surface area contributed by atoms with Crippen molar-refractivity contribution in [1.29, 1.82) is 0 Å². The SMILES string of the molecule is COc1cc(-c2ccccc2)ccc1CN1CCCC1c1nncn1C. The Hall–Kier alpha value is -2.66. The largest absolute Gasteiger partial charge is 0.496 e. The van der Waals surface area contributed by atoms with Crippen LogP contribution >= 0.6 is 0 Å². The predicted octanol–water partition coefficient (Wildman–Crippen LogP) is 3.83. The molecule has 1 fully saturated rings. The van der Waals surface area contributed by atoms with Gasteiger partial charge in [0.1, 0.15) is 17.9 Å². The van der Waals surface area contributed by atoms with Gasteiger partial charge in [-0.1, -0.05) is 42.5 Å². The Morgan fingerprint density at radius 1 is 1.12 bits per heavy atom. The molecule has 1 unspecified atom stereocenters. The average Bonchev–Trinajstić information content (AvgIpc) is 3.31. The Morgan fingerprint density at radius 2 is 1.96 bits per heavy atom. The van der Waals surface area contributed by atoms with E-state index in [4.69, 9.17) is 4.74 Å². The summed E-state index contributed by atoms with van der Waals surface area (Å²) in [4.78, 5) is 2.48. The molecule has 0 amide bonds. The highest BCUT2D eigenvalue weighted by Gasteiger charge is 2.29. The van der Waals surface area contributed by atoms with Crippen LogP contribution in [0, 0.1) is 0 Å². The number of likely N-dealkylation sites (tertiary alicyclic amines) is 1. The minimum absolute atomic E-state index is 0.320. The van der Waals surface area contributed by atoms with Gasteiger partial charge in [-0.05, 0) is 36.6 Å². The number of rotatable bonds is 5. The van der Waals surface area contributed by atoms with Gasteiger partial charge in [0.05, 0.1) is 13.2 Å². The molecule has 0 radical (unpaired) electrons. The van der Waals surface area contributed by atoms with Crippen LogP contribution in [0.2, 0.25) is 0 Å². The average molecular weight is 348 g/mol. The van der Waals surface area contributed by atoms with Gasteiger partial charge in [0.15, 0.2) is 0 Å². The standard InChI is InChI=1S/C21H24N4O/c1-24-15-22-23-21(24)19-9-6-12-25(19)14-18-11-10-17(13-20(18)26-2)16-7-4-3-5-8-16/h3-5,7-8,10-11,13,15,19H,6,9,12,14H2,1-2H3. The summed E-state index contributed by atoms with van der Waals surface area (Å²) >= 11 is 0. The van der Waals surface area contributed by atoms with Crippen molar-refractivity contribution in [1.82, 2.24) is 19.7 Å². The summed E-state index contributed by atoms with van der Waals surface area (Å²) in [5, 5.41) is 8.37. The van der Waals surface area contributed by atoms with Crippen molar-refractivity contribution in [2.24, 2.45) is 7.05 Å². The van der Waals surface area contributed by atoms with E-state index in [2.05, 4.69) is 57.6 Å². The smallest absolute Gasteiger partial charge is 0.149 e. The first-order chi connectivity index (χ1) is 12.8. The fraction of sp³-hybridized carbons (Fsp3) is 0.333. The number of nitrogens with zero attached hydrogens (tertiary/aromatic N) is 4. The normalized spacial score (nSPS) is 17.5. The molecule has 1 saturated heterocycles. The second kappa shape index (κ2) is 7.30. The molecule has 2 aromatic carbocycles. The van der Waals surface area contributed by atoms with Crippen molar-refractivity contribution < 1.29 is 4.74 Å². The van der Waals surface area contributed by atoms with E-state index in [9.17, 15) is 0 Å². The Bertz CT molecular complexity index is 875. The van der Waals surface area contributed by atoms with Gasteiger partial charge in [0.2, 0.25) is 0 Å². The van der Waals surface area contributed by atoms with E-state index >= 15 is 0 Å². The number of hydrogen-bond acceptors (Lipinski definition) is 4. The zero-order valence-corrected chi connectivity index (χ0v) is 15.3. The van der Waals surface area contributed by atoms with Crippen LogP contribution in [0.3, 0.4) is 0 Å². The lowest BCUT2D eigenvalue weighted by molar-refractivity contribution is 0.232. The summed E-state index contributed by atoms with van der Waals surface area (Å²) in [6.07, 6.45) is 4.08. The summed E-state index contributed by atoms with van der Waals surface area (Å²) in [5.74, 6) is 1.98. The number of benzene rings is 2. The first-order valence-electron chi connectivity index (χ1n) is 9.06. The van der Waals surface area contributed by atoms with Crippen LogP contribution in [-0.4, -0.2) is 33.3 Å². The fourth-order valence-corrected chi connectivity index (χ4v) is 3.81. The highest BCUT2D eigenvalue weighted by molar-refractivity contribution is 5.66. The summed E-state index contributed by atoms with van der Waals surface area (Å²) in [6.45, 7) is 1.93. The minimum Gasteiger partial charge on any atom is -0.496 e. The molecule has 134 valence electrons. The maximum atomic E-state index is 5.71. The Balaban J connectivity index is 1.59. The molecule has 0 aliphatic carbocycles.